The molecule has 0 amide bonds. The first-order chi connectivity index (χ1) is 10.2. The smallest absolute Gasteiger partial charge is 0.228 e. The molecule has 1 aromatic carbocycles. The number of rotatable bonds is 5. The Morgan fingerprint density at radius 1 is 1.27 bits per heavy atom. The highest BCUT2D eigenvalue weighted by Gasteiger charge is 2.35. The molecule has 22 heavy (non-hydrogen) atoms. The van der Waals surface area contributed by atoms with Crippen LogP contribution in [-0.4, -0.2) is 16.7 Å². The van der Waals surface area contributed by atoms with Crippen LogP contribution in [-0.2, 0) is 12.0 Å². The van der Waals surface area contributed by atoms with Gasteiger partial charge in [-0.05, 0) is 31.4 Å². The van der Waals surface area contributed by atoms with E-state index in [1.54, 1.807) is 0 Å². The summed E-state index contributed by atoms with van der Waals surface area (Å²) in [4.78, 5) is 4.47. The van der Waals surface area contributed by atoms with Gasteiger partial charge in [-0.2, -0.15) is 4.98 Å². The van der Waals surface area contributed by atoms with Crippen LogP contribution in [0.3, 0.4) is 0 Å². The Morgan fingerprint density at radius 2 is 2.00 bits per heavy atom. The van der Waals surface area contributed by atoms with E-state index in [9.17, 15) is 0 Å². The topological polar surface area (TPSA) is 77.0 Å². The summed E-state index contributed by atoms with van der Waals surface area (Å²) in [5, 5.41) is 7.46. The molecule has 1 aliphatic carbocycles. The standard InChI is InChI=1S/C16H22N4O.ClH/c1-12-6-2-3-7-13(12)18-11-8-14-19-15(20-21-14)16(17)9-4-5-10-16;/h2-3,6-7,18H,4-5,8-11,17H2,1H3;1H. The van der Waals surface area contributed by atoms with Gasteiger partial charge in [-0.25, -0.2) is 0 Å². The van der Waals surface area contributed by atoms with E-state index >= 15 is 0 Å². The lowest BCUT2D eigenvalue weighted by Crippen LogP contribution is -2.34. The summed E-state index contributed by atoms with van der Waals surface area (Å²) >= 11 is 0. The van der Waals surface area contributed by atoms with Gasteiger partial charge in [0.05, 0.1) is 5.54 Å². The van der Waals surface area contributed by atoms with Crippen LogP contribution in [0.2, 0.25) is 0 Å². The quantitative estimate of drug-likeness (QED) is 0.884. The fourth-order valence-corrected chi connectivity index (χ4v) is 2.86. The first kappa shape index (κ1) is 16.8. The minimum atomic E-state index is -0.370. The summed E-state index contributed by atoms with van der Waals surface area (Å²) in [6, 6.07) is 8.22. The summed E-state index contributed by atoms with van der Waals surface area (Å²) in [7, 11) is 0. The number of nitrogens with zero attached hydrogens (tertiary/aromatic N) is 2. The van der Waals surface area contributed by atoms with Crippen molar-refractivity contribution in [1.82, 2.24) is 10.1 Å². The maximum atomic E-state index is 6.33. The zero-order valence-corrected chi connectivity index (χ0v) is 13.7. The molecule has 0 atom stereocenters. The van der Waals surface area contributed by atoms with E-state index in [0.29, 0.717) is 18.1 Å². The van der Waals surface area contributed by atoms with Crippen molar-refractivity contribution in [3.8, 4) is 0 Å². The Bertz CT molecular complexity index is 608. The highest BCUT2D eigenvalue weighted by molar-refractivity contribution is 5.85. The van der Waals surface area contributed by atoms with Crippen LogP contribution in [0.25, 0.3) is 0 Å². The summed E-state index contributed by atoms with van der Waals surface area (Å²) in [5.41, 5.74) is 8.34. The van der Waals surface area contributed by atoms with Gasteiger partial charge in [0.25, 0.3) is 0 Å². The lowest BCUT2D eigenvalue weighted by molar-refractivity contribution is 0.350. The molecule has 0 radical (unpaired) electrons. The van der Waals surface area contributed by atoms with E-state index in [1.165, 1.54) is 5.56 Å². The van der Waals surface area contributed by atoms with Crippen molar-refractivity contribution < 1.29 is 4.52 Å². The molecule has 2 aromatic rings. The van der Waals surface area contributed by atoms with Crippen LogP contribution in [0.15, 0.2) is 28.8 Å². The zero-order chi connectivity index (χ0) is 14.7. The van der Waals surface area contributed by atoms with Crippen molar-refractivity contribution in [3.05, 3.63) is 41.5 Å². The molecule has 0 unspecified atom stereocenters. The van der Waals surface area contributed by atoms with Gasteiger partial charge >= 0.3 is 0 Å². The number of aryl methyl sites for hydroxylation is 1. The molecule has 0 bridgehead atoms. The SMILES string of the molecule is Cc1ccccc1NCCc1nc(C2(N)CCCC2)no1.Cl. The monoisotopic (exact) mass is 322 g/mol. The number of anilines is 1. The highest BCUT2D eigenvalue weighted by Crippen LogP contribution is 2.34. The lowest BCUT2D eigenvalue weighted by Gasteiger charge is -2.17. The van der Waals surface area contributed by atoms with Gasteiger partial charge in [-0.1, -0.05) is 36.2 Å². The van der Waals surface area contributed by atoms with Crippen molar-refractivity contribution >= 4 is 18.1 Å². The van der Waals surface area contributed by atoms with Gasteiger partial charge in [-0.15, -0.1) is 12.4 Å². The number of aromatic nitrogens is 2. The summed E-state index contributed by atoms with van der Waals surface area (Å²) in [5.74, 6) is 1.33. The number of nitrogens with two attached hydrogens (primary N) is 1. The van der Waals surface area contributed by atoms with Crippen molar-refractivity contribution in [2.75, 3.05) is 11.9 Å². The molecule has 1 aliphatic rings. The molecule has 3 rings (SSSR count). The Hall–Kier alpha value is -1.59. The van der Waals surface area contributed by atoms with Crippen LogP contribution in [0.5, 0.6) is 0 Å². The molecule has 0 aliphatic heterocycles. The molecule has 6 heteroatoms. The number of nitrogens with one attached hydrogen (secondary N) is 1. The van der Waals surface area contributed by atoms with E-state index < -0.39 is 0 Å². The maximum absolute atomic E-state index is 6.33. The zero-order valence-electron chi connectivity index (χ0n) is 12.8. The molecule has 120 valence electrons. The average Bonchev–Trinajstić information content (AvgIpc) is 3.11. The molecule has 0 saturated heterocycles. The Morgan fingerprint density at radius 3 is 2.73 bits per heavy atom. The third-order valence-corrected chi connectivity index (χ3v) is 4.21. The van der Waals surface area contributed by atoms with Crippen molar-refractivity contribution in [2.45, 2.75) is 44.6 Å². The number of hydrogen-bond acceptors (Lipinski definition) is 5. The van der Waals surface area contributed by atoms with Gasteiger partial charge in [0.15, 0.2) is 5.82 Å². The van der Waals surface area contributed by atoms with Crippen LogP contribution in [0, 0.1) is 6.92 Å². The van der Waals surface area contributed by atoms with Gasteiger partial charge in [0.2, 0.25) is 5.89 Å². The first-order valence-corrected chi connectivity index (χ1v) is 7.59. The highest BCUT2D eigenvalue weighted by atomic mass is 35.5. The van der Waals surface area contributed by atoms with E-state index in [1.807, 2.05) is 12.1 Å². The molecule has 1 aromatic heterocycles. The van der Waals surface area contributed by atoms with E-state index in [2.05, 4.69) is 34.5 Å². The fraction of sp³-hybridized carbons (Fsp3) is 0.500. The van der Waals surface area contributed by atoms with Crippen LogP contribution in [0.1, 0.15) is 43.0 Å². The minimum absolute atomic E-state index is 0. The fourth-order valence-electron chi connectivity index (χ4n) is 2.86. The van der Waals surface area contributed by atoms with Crippen molar-refractivity contribution in [3.63, 3.8) is 0 Å². The first-order valence-electron chi connectivity index (χ1n) is 7.59. The van der Waals surface area contributed by atoms with Crippen LogP contribution < -0.4 is 11.1 Å². The Labute approximate surface area is 137 Å². The van der Waals surface area contributed by atoms with Crippen molar-refractivity contribution in [1.29, 1.82) is 0 Å². The maximum Gasteiger partial charge on any atom is 0.228 e. The average molecular weight is 323 g/mol. The van der Waals surface area contributed by atoms with E-state index in [4.69, 9.17) is 10.3 Å². The molecule has 3 N–H and O–H groups in total. The van der Waals surface area contributed by atoms with Crippen molar-refractivity contribution in [2.24, 2.45) is 5.73 Å². The molecule has 1 saturated carbocycles. The van der Waals surface area contributed by atoms with Gasteiger partial charge < -0.3 is 15.6 Å². The Balaban J connectivity index is 0.00000176. The summed E-state index contributed by atoms with van der Waals surface area (Å²) in [6.45, 7) is 2.86. The number of hydrogen-bond donors (Lipinski definition) is 2. The predicted octanol–water partition coefficient (Wildman–Crippen LogP) is 3.18. The third-order valence-electron chi connectivity index (χ3n) is 4.21. The van der Waals surface area contributed by atoms with Gasteiger partial charge in [0.1, 0.15) is 0 Å². The van der Waals surface area contributed by atoms with E-state index in [-0.39, 0.29) is 17.9 Å². The molecule has 1 fully saturated rings. The minimum Gasteiger partial charge on any atom is -0.384 e. The van der Waals surface area contributed by atoms with E-state index in [0.717, 1.165) is 37.9 Å². The normalized spacial score (nSPS) is 16.3. The lowest BCUT2D eigenvalue weighted by atomic mass is 9.99. The van der Waals surface area contributed by atoms with Gasteiger partial charge in [-0.3, -0.25) is 0 Å². The van der Waals surface area contributed by atoms with Gasteiger partial charge in [0, 0.05) is 18.7 Å². The van der Waals surface area contributed by atoms with Crippen LogP contribution >= 0.6 is 12.4 Å². The number of para-hydroxylation sites is 1. The molecule has 1 heterocycles. The molecular formula is C16H23ClN4O. The largest absolute Gasteiger partial charge is 0.384 e. The summed E-state index contributed by atoms with van der Waals surface area (Å²) in [6.07, 6.45) is 4.91. The molecular weight excluding hydrogens is 300 g/mol. The second-order valence-electron chi connectivity index (χ2n) is 5.87. The van der Waals surface area contributed by atoms with Crippen LogP contribution in [0.4, 0.5) is 5.69 Å². The summed E-state index contributed by atoms with van der Waals surface area (Å²) < 4.78 is 5.33. The Kier molecular flexibility index (Phi) is 5.42. The second-order valence-corrected chi connectivity index (χ2v) is 5.87. The third kappa shape index (κ3) is 3.59. The second kappa shape index (κ2) is 7.11. The predicted molar refractivity (Wildman–Crippen MR) is 89.3 cm³/mol. The number of benzene rings is 1. The molecule has 0 spiro atoms. The number of halogens is 1. The molecule has 5 nitrogen and oxygen atoms in total.